The fourth-order valence-corrected chi connectivity index (χ4v) is 1.67. The molecule has 1 aromatic heterocycles. The first-order valence-corrected chi connectivity index (χ1v) is 4.78. The van der Waals surface area contributed by atoms with Crippen LogP contribution in [0.1, 0.15) is 10.4 Å². The minimum Gasteiger partial charge on any atom is -0.383 e. The van der Waals surface area contributed by atoms with Crippen molar-refractivity contribution in [1.29, 1.82) is 0 Å². The Morgan fingerprint density at radius 3 is 2.93 bits per heavy atom. The lowest BCUT2D eigenvalue weighted by atomic mass is 9.94. The molecule has 0 saturated carbocycles. The number of nitrogens with two attached hydrogens (primary N) is 2. The van der Waals surface area contributed by atoms with Gasteiger partial charge in [-0.15, -0.1) is 0 Å². The number of carbonyl (C=O) groups excluding carboxylic acids is 1. The number of rotatable bonds is 2. The van der Waals surface area contributed by atoms with Gasteiger partial charge in [0, 0.05) is 12.2 Å². The van der Waals surface area contributed by atoms with Crippen LogP contribution in [0.25, 0.3) is 0 Å². The van der Waals surface area contributed by atoms with E-state index in [1.54, 1.807) is 18.3 Å². The molecule has 0 bridgehead atoms. The van der Waals surface area contributed by atoms with Gasteiger partial charge >= 0.3 is 0 Å². The van der Waals surface area contributed by atoms with Gasteiger partial charge in [-0.3, -0.25) is 4.79 Å². The summed E-state index contributed by atoms with van der Waals surface area (Å²) in [7, 11) is 0. The van der Waals surface area contributed by atoms with Crippen molar-refractivity contribution in [2.45, 2.75) is 6.04 Å². The molecule has 5 heteroatoms. The van der Waals surface area contributed by atoms with Crippen molar-refractivity contribution in [1.82, 2.24) is 4.98 Å². The molecular formula is C10H13N3O2. The van der Waals surface area contributed by atoms with Crippen LogP contribution >= 0.6 is 0 Å². The minimum atomic E-state index is -0.295. The first-order chi connectivity index (χ1) is 7.20. The average molecular weight is 207 g/mol. The van der Waals surface area contributed by atoms with Crippen molar-refractivity contribution in [2.24, 2.45) is 11.7 Å². The maximum absolute atomic E-state index is 12.0. The van der Waals surface area contributed by atoms with Crippen LogP contribution in [0.2, 0.25) is 0 Å². The zero-order valence-corrected chi connectivity index (χ0v) is 8.22. The highest BCUT2D eigenvalue weighted by Crippen LogP contribution is 2.20. The van der Waals surface area contributed by atoms with Crippen LogP contribution in [0, 0.1) is 5.92 Å². The van der Waals surface area contributed by atoms with Crippen molar-refractivity contribution in [2.75, 3.05) is 18.9 Å². The SMILES string of the molecule is Nc1ncccc1C(=O)C1COCC1N. The number of carbonyl (C=O) groups is 1. The van der Waals surface area contributed by atoms with Gasteiger partial charge in [0.15, 0.2) is 5.78 Å². The number of anilines is 1. The van der Waals surface area contributed by atoms with E-state index in [0.717, 1.165) is 0 Å². The molecule has 2 unspecified atom stereocenters. The average Bonchev–Trinajstić information content (AvgIpc) is 2.64. The minimum absolute atomic E-state index is 0.0781. The van der Waals surface area contributed by atoms with Crippen molar-refractivity contribution in [3.8, 4) is 0 Å². The molecule has 0 spiro atoms. The predicted octanol–water partition coefficient (Wildman–Crippen LogP) is -0.180. The van der Waals surface area contributed by atoms with Gasteiger partial charge in [-0.2, -0.15) is 0 Å². The fourth-order valence-electron chi connectivity index (χ4n) is 1.67. The van der Waals surface area contributed by atoms with Crippen LogP contribution in [0.3, 0.4) is 0 Å². The van der Waals surface area contributed by atoms with Crippen molar-refractivity contribution in [3.63, 3.8) is 0 Å². The number of nitrogens with zero attached hydrogens (tertiary/aromatic N) is 1. The van der Waals surface area contributed by atoms with Gasteiger partial charge in [-0.25, -0.2) is 4.98 Å². The van der Waals surface area contributed by atoms with E-state index in [1.807, 2.05) is 0 Å². The smallest absolute Gasteiger partial charge is 0.173 e. The molecule has 15 heavy (non-hydrogen) atoms. The second kappa shape index (κ2) is 3.96. The van der Waals surface area contributed by atoms with Gasteiger partial charge in [0.1, 0.15) is 5.82 Å². The summed E-state index contributed by atoms with van der Waals surface area (Å²) in [5.74, 6) is -0.122. The van der Waals surface area contributed by atoms with Crippen molar-refractivity contribution >= 4 is 11.6 Å². The van der Waals surface area contributed by atoms with Crippen LogP contribution in [-0.4, -0.2) is 30.0 Å². The Balaban J connectivity index is 2.24. The first kappa shape index (κ1) is 10.1. The highest BCUT2D eigenvalue weighted by molar-refractivity contribution is 6.02. The van der Waals surface area contributed by atoms with E-state index in [2.05, 4.69) is 4.98 Å². The Morgan fingerprint density at radius 2 is 2.33 bits per heavy atom. The van der Waals surface area contributed by atoms with Gasteiger partial charge in [0.2, 0.25) is 0 Å². The summed E-state index contributed by atoms with van der Waals surface area (Å²) in [6.07, 6.45) is 1.55. The Hall–Kier alpha value is -1.46. The van der Waals surface area contributed by atoms with E-state index in [9.17, 15) is 4.79 Å². The molecule has 1 fully saturated rings. The van der Waals surface area contributed by atoms with Gasteiger partial charge in [-0.1, -0.05) is 0 Å². The zero-order chi connectivity index (χ0) is 10.8. The molecule has 2 heterocycles. The number of hydrogen-bond donors (Lipinski definition) is 2. The Bertz CT molecular complexity index is 381. The number of ether oxygens (including phenoxy) is 1. The number of hydrogen-bond acceptors (Lipinski definition) is 5. The monoisotopic (exact) mass is 207 g/mol. The summed E-state index contributed by atoms with van der Waals surface area (Å²) in [5.41, 5.74) is 11.8. The summed E-state index contributed by atoms with van der Waals surface area (Å²) >= 11 is 0. The molecule has 2 atom stereocenters. The van der Waals surface area contributed by atoms with Crippen LogP contribution in [0.4, 0.5) is 5.82 Å². The normalized spacial score (nSPS) is 25.4. The second-order valence-electron chi connectivity index (χ2n) is 3.61. The van der Waals surface area contributed by atoms with Gasteiger partial charge in [0.05, 0.1) is 24.7 Å². The molecule has 0 radical (unpaired) electrons. The van der Waals surface area contributed by atoms with E-state index < -0.39 is 0 Å². The largest absolute Gasteiger partial charge is 0.383 e. The molecule has 1 aliphatic heterocycles. The maximum Gasteiger partial charge on any atom is 0.173 e. The van der Waals surface area contributed by atoms with Gasteiger partial charge < -0.3 is 16.2 Å². The Kier molecular flexibility index (Phi) is 2.66. The van der Waals surface area contributed by atoms with Crippen molar-refractivity contribution in [3.05, 3.63) is 23.9 Å². The first-order valence-electron chi connectivity index (χ1n) is 4.78. The molecule has 1 aromatic rings. The van der Waals surface area contributed by atoms with E-state index in [4.69, 9.17) is 16.2 Å². The lowest BCUT2D eigenvalue weighted by Gasteiger charge is -2.12. The molecule has 0 aliphatic carbocycles. The molecule has 0 aromatic carbocycles. The van der Waals surface area contributed by atoms with Crippen LogP contribution in [0.5, 0.6) is 0 Å². The lowest BCUT2D eigenvalue weighted by Crippen LogP contribution is -2.34. The van der Waals surface area contributed by atoms with Crippen LogP contribution < -0.4 is 11.5 Å². The fraction of sp³-hybridized carbons (Fsp3) is 0.400. The molecule has 5 nitrogen and oxygen atoms in total. The quantitative estimate of drug-likeness (QED) is 0.656. The molecular weight excluding hydrogens is 194 g/mol. The van der Waals surface area contributed by atoms with E-state index in [1.165, 1.54) is 0 Å². The third-order valence-corrected chi connectivity index (χ3v) is 2.57. The number of aromatic nitrogens is 1. The number of Topliss-reactive ketones (excluding diaryl/α,β-unsaturated/α-hetero) is 1. The third kappa shape index (κ3) is 1.84. The summed E-state index contributed by atoms with van der Waals surface area (Å²) in [5, 5.41) is 0. The summed E-state index contributed by atoms with van der Waals surface area (Å²) in [6, 6.07) is 3.11. The third-order valence-electron chi connectivity index (χ3n) is 2.57. The standard InChI is InChI=1S/C10H13N3O2/c11-8-5-15-4-7(8)9(14)6-2-1-3-13-10(6)12/h1-3,7-8H,4-5,11H2,(H2,12,13). The number of nitrogen functional groups attached to an aromatic ring is 1. The van der Waals surface area contributed by atoms with E-state index in [-0.39, 0.29) is 23.6 Å². The molecule has 80 valence electrons. The molecule has 1 aliphatic rings. The van der Waals surface area contributed by atoms with Gasteiger partial charge in [0.25, 0.3) is 0 Å². The maximum atomic E-state index is 12.0. The van der Waals surface area contributed by atoms with E-state index in [0.29, 0.717) is 18.8 Å². The summed E-state index contributed by atoms with van der Waals surface area (Å²) < 4.78 is 5.14. The number of ketones is 1. The topological polar surface area (TPSA) is 91.2 Å². The molecule has 0 amide bonds. The highest BCUT2D eigenvalue weighted by Gasteiger charge is 2.32. The highest BCUT2D eigenvalue weighted by atomic mass is 16.5. The Morgan fingerprint density at radius 1 is 1.53 bits per heavy atom. The predicted molar refractivity (Wildman–Crippen MR) is 55.3 cm³/mol. The van der Waals surface area contributed by atoms with Gasteiger partial charge in [-0.05, 0) is 12.1 Å². The Labute approximate surface area is 87.4 Å². The van der Waals surface area contributed by atoms with Crippen LogP contribution in [-0.2, 0) is 4.74 Å². The molecule has 2 rings (SSSR count). The van der Waals surface area contributed by atoms with Crippen molar-refractivity contribution < 1.29 is 9.53 Å². The van der Waals surface area contributed by atoms with Crippen LogP contribution in [0.15, 0.2) is 18.3 Å². The zero-order valence-electron chi connectivity index (χ0n) is 8.22. The molecule has 4 N–H and O–H groups in total. The number of pyridine rings is 1. The van der Waals surface area contributed by atoms with E-state index >= 15 is 0 Å². The summed E-state index contributed by atoms with van der Waals surface area (Å²) in [4.78, 5) is 15.9. The molecule has 1 saturated heterocycles. The second-order valence-corrected chi connectivity index (χ2v) is 3.61. The lowest BCUT2D eigenvalue weighted by molar-refractivity contribution is 0.0896. The summed E-state index contributed by atoms with van der Waals surface area (Å²) in [6.45, 7) is 0.797.